The predicted molar refractivity (Wildman–Crippen MR) is 134 cm³/mol. The van der Waals surface area contributed by atoms with Crippen molar-refractivity contribution >= 4 is 53.3 Å². The number of fused-ring (bicyclic) bond motifs is 1. The van der Waals surface area contributed by atoms with Crippen molar-refractivity contribution in [3.05, 3.63) is 53.9 Å². The zero-order valence-electron chi connectivity index (χ0n) is 18.5. The van der Waals surface area contributed by atoms with Crippen LogP contribution in [0.5, 0.6) is 0 Å². The van der Waals surface area contributed by atoms with E-state index in [-0.39, 0.29) is 29.6 Å². The molecule has 4 rings (SSSR count). The maximum Gasteiger partial charge on any atom is 0.241 e. The lowest BCUT2D eigenvalue weighted by atomic mass is 10.2. The number of hydrogen-bond donors (Lipinski definition) is 3. The van der Waals surface area contributed by atoms with E-state index in [2.05, 4.69) is 19.9 Å². The van der Waals surface area contributed by atoms with Gasteiger partial charge in [0, 0.05) is 18.9 Å². The number of nitrogen functional groups attached to an aromatic ring is 1. The van der Waals surface area contributed by atoms with E-state index in [0.717, 1.165) is 11.1 Å². The predicted octanol–water partition coefficient (Wildman–Crippen LogP) is 0.845. The second-order valence-electron chi connectivity index (χ2n) is 7.79. The molecule has 35 heavy (non-hydrogen) atoms. The number of hydrazine groups is 1. The fraction of sp³-hybridized carbons (Fsp3) is 0.200. The average Bonchev–Trinajstić information content (AvgIpc) is 3.22. The lowest BCUT2D eigenvalue weighted by Gasteiger charge is -2.18. The Kier molecular flexibility index (Phi) is 6.70. The van der Waals surface area contributed by atoms with E-state index in [0.29, 0.717) is 33.1 Å². The molecular weight excluding hydrogens is 512 g/mol. The Morgan fingerprint density at radius 3 is 2.31 bits per heavy atom. The fourth-order valence-electron chi connectivity index (χ4n) is 3.24. The van der Waals surface area contributed by atoms with Crippen LogP contribution in [0.3, 0.4) is 0 Å². The molecule has 3 aromatic heterocycles. The number of hydrogen-bond acceptors (Lipinski definition) is 12. The molecule has 6 N–H and O–H groups in total. The van der Waals surface area contributed by atoms with E-state index in [1.807, 2.05) is 0 Å². The summed E-state index contributed by atoms with van der Waals surface area (Å²) in [4.78, 5) is 18.4. The van der Waals surface area contributed by atoms with Crippen LogP contribution in [0.1, 0.15) is 11.3 Å². The second kappa shape index (κ2) is 9.43. The minimum absolute atomic E-state index is 0.0144. The fourth-order valence-corrected chi connectivity index (χ4v) is 4.97. The van der Waals surface area contributed by atoms with Crippen molar-refractivity contribution in [1.82, 2.24) is 19.9 Å². The summed E-state index contributed by atoms with van der Waals surface area (Å²) in [6.45, 7) is 0.160. The molecule has 0 bridgehead atoms. The van der Waals surface area contributed by atoms with Gasteiger partial charge < -0.3 is 5.73 Å². The van der Waals surface area contributed by atoms with E-state index in [1.54, 1.807) is 30.5 Å². The number of thiazole rings is 1. The largest absolute Gasteiger partial charge is 0.375 e. The number of sulfonamides is 1. The van der Waals surface area contributed by atoms with Gasteiger partial charge in [0.1, 0.15) is 15.4 Å². The second-order valence-corrected chi connectivity index (χ2v) is 12.7. The van der Waals surface area contributed by atoms with E-state index >= 15 is 0 Å². The Bertz CT molecular complexity index is 1600. The lowest BCUT2D eigenvalue weighted by molar-refractivity contribution is 0.597. The van der Waals surface area contributed by atoms with Crippen LogP contribution >= 0.6 is 11.3 Å². The number of rotatable bonds is 8. The van der Waals surface area contributed by atoms with Crippen LogP contribution in [0.2, 0.25) is 0 Å². The third kappa shape index (κ3) is 6.07. The molecular formula is C20H22N8O4S3. The van der Waals surface area contributed by atoms with Crippen LogP contribution in [0, 0.1) is 0 Å². The lowest BCUT2D eigenvalue weighted by Crippen LogP contribution is -2.32. The third-order valence-corrected chi connectivity index (χ3v) is 7.67. The van der Waals surface area contributed by atoms with Gasteiger partial charge in [0.25, 0.3) is 0 Å². The van der Waals surface area contributed by atoms with Crippen molar-refractivity contribution in [2.24, 2.45) is 11.0 Å². The van der Waals surface area contributed by atoms with Gasteiger partial charge in [-0.3, -0.25) is 5.01 Å². The number of nitrogens with two attached hydrogens (primary N) is 3. The number of benzene rings is 1. The highest BCUT2D eigenvalue weighted by atomic mass is 32.2. The molecule has 0 saturated heterocycles. The normalized spacial score (nSPS) is 12.2. The Balaban J connectivity index is 1.70. The smallest absolute Gasteiger partial charge is 0.241 e. The standard InChI is InChI=1S/C20H22N8O4S3/c1-34(29,30)9-8-16-18-15(7-6-14(25-18)17-10-24-19(21)33-17)26-20(27-16)28(22)11-12-2-4-13(5-3-12)35(23,31)32/h2-7,10H,8-9,11,22H2,1H3,(H2,21,24)(H2,23,31,32). The first-order valence-electron chi connectivity index (χ1n) is 10.1. The van der Waals surface area contributed by atoms with E-state index < -0.39 is 19.9 Å². The highest BCUT2D eigenvalue weighted by Crippen LogP contribution is 2.28. The molecule has 0 unspecified atom stereocenters. The molecule has 0 atom stereocenters. The molecule has 0 aliphatic heterocycles. The molecule has 0 aliphatic carbocycles. The van der Waals surface area contributed by atoms with Crippen molar-refractivity contribution in [2.45, 2.75) is 17.9 Å². The van der Waals surface area contributed by atoms with Crippen LogP contribution < -0.4 is 21.7 Å². The third-order valence-electron chi connectivity index (χ3n) is 4.95. The average molecular weight is 535 g/mol. The summed E-state index contributed by atoms with van der Waals surface area (Å²) in [6, 6.07) is 9.44. The SMILES string of the molecule is CS(=O)(=O)CCc1nc(N(N)Cc2ccc(S(N)(=O)=O)cc2)nc2ccc(-c3cnc(N)s3)nc12. The van der Waals surface area contributed by atoms with Crippen molar-refractivity contribution in [1.29, 1.82) is 0 Å². The Hall–Kier alpha value is -3.24. The van der Waals surface area contributed by atoms with E-state index in [4.69, 9.17) is 16.7 Å². The molecule has 0 saturated carbocycles. The Morgan fingerprint density at radius 1 is 1.00 bits per heavy atom. The quantitative estimate of drug-likeness (QED) is 0.214. The molecule has 0 amide bonds. The first kappa shape index (κ1) is 24.9. The highest BCUT2D eigenvalue weighted by Gasteiger charge is 2.17. The van der Waals surface area contributed by atoms with E-state index in [9.17, 15) is 16.8 Å². The highest BCUT2D eigenvalue weighted by molar-refractivity contribution is 7.90. The summed E-state index contributed by atoms with van der Waals surface area (Å²) < 4.78 is 46.6. The molecule has 0 spiro atoms. The molecule has 0 aliphatic rings. The van der Waals surface area contributed by atoms with Crippen molar-refractivity contribution < 1.29 is 16.8 Å². The monoisotopic (exact) mass is 534 g/mol. The van der Waals surface area contributed by atoms with E-state index in [1.165, 1.54) is 28.5 Å². The molecule has 0 fully saturated rings. The minimum atomic E-state index is -3.81. The number of primary sulfonamides is 1. The van der Waals surface area contributed by atoms with Gasteiger partial charge >= 0.3 is 0 Å². The summed E-state index contributed by atoms with van der Waals surface area (Å²) in [7, 11) is -7.07. The van der Waals surface area contributed by atoms with Gasteiger partial charge in [-0.25, -0.2) is 47.8 Å². The number of aromatic nitrogens is 4. The van der Waals surface area contributed by atoms with Crippen LogP contribution in [-0.4, -0.2) is 48.8 Å². The zero-order valence-corrected chi connectivity index (χ0v) is 20.9. The summed E-state index contributed by atoms with van der Waals surface area (Å²) >= 11 is 1.28. The van der Waals surface area contributed by atoms with Gasteiger partial charge in [-0.05, 0) is 29.8 Å². The van der Waals surface area contributed by atoms with Crippen LogP contribution in [0.4, 0.5) is 11.1 Å². The molecule has 0 radical (unpaired) electrons. The number of aryl methyl sites for hydroxylation is 1. The van der Waals surface area contributed by atoms with Gasteiger partial charge in [-0.1, -0.05) is 23.5 Å². The first-order valence-corrected chi connectivity index (χ1v) is 14.5. The summed E-state index contributed by atoms with van der Waals surface area (Å²) in [5, 5.41) is 6.83. The summed E-state index contributed by atoms with van der Waals surface area (Å²) in [6.07, 6.45) is 2.88. The van der Waals surface area contributed by atoms with Gasteiger partial charge in [0.15, 0.2) is 5.13 Å². The maximum atomic E-state index is 11.8. The molecule has 15 heteroatoms. The molecule has 3 heterocycles. The number of pyridine rings is 1. The maximum absolute atomic E-state index is 11.8. The topological polar surface area (TPSA) is 201 Å². The Labute approximate surface area is 205 Å². The van der Waals surface area contributed by atoms with Crippen LogP contribution in [-0.2, 0) is 32.8 Å². The van der Waals surface area contributed by atoms with Crippen LogP contribution in [0.25, 0.3) is 21.6 Å². The number of sulfone groups is 1. The summed E-state index contributed by atoms with van der Waals surface area (Å²) in [5.74, 6) is 6.26. The van der Waals surface area contributed by atoms with Gasteiger partial charge in [-0.2, -0.15) is 0 Å². The molecule has 12 nitrogen and oxygen atoms in total. The number of nitrogens with zero attached hydrogens (tertiary/aromatic N) is 5. The van der Waals surface area contributed by atoms with Gasteiger partial charge in [-0.15, -0.1) is 0 Å². The minimum Gasteiger partial charge on any atom is -0.375 e. The van der Waals surface area contributed by atoms with Crippen molar-refractivity contribution in [3.63, 3.8) is 0 Å². The zero-order chi connectivity index (χ0) is 25.4. The van der Waals surface area contributed by atoms with Crippen LogP contribution in [0.15, 0.2) is 47.5 Å². The molecule has 184 valence electrons. The number of anilines is 2. The molecule has 4 aromatic rings. The van der Waals surface area contributed by atoms with Crippen molar-refractivity contribution in [2.75, 3.05) is 22.8 Å². The van der Waals surface area contributed by atoms with Gasteiger partial charge in [0.05, 0.1) is 39.0 Å². The first-order chi connectivity index (χ1) is 16.4. The van der Waals surface area contributed by atoms with Crippen molar-refractivity contribution in [3.8, 4) is 10.6 Å². The Morgan fingerprint density at radius 2 is 1.71 bits per heavy atom. The summed E-state index contributed by atoms with van der Waals surface area (Å²) in [5.41, 5.74) is 8.40. The molecule has 1 aromatic carbocycles. The van der Waals surface area contributed by atoms with Gasteiger partial charge in [0.2, 0.25) is 16.0 Å².